The number of likely N-dealkylation sites (tertiary alicyclic amines) is 1. The summed E-state index contributed by atoms with van der Waals surface area (Å²) in [7, 11) is 1.73. The van der Waals surface area contributed by atoms with Crippen molar-refractivity contribution in [1.82, 2.24) is 19.8 Å². The smallest absolute Gasteiger partial charge is 0.419 e. The van der Waals surface area contributed by atoms with E-state index >= 15 is 0 Å². The molecular formula is C33H38ClF4N7O3. The van der Waals surface area contributed by atoms with Crippen molar-refractivity contribution in [3.8, 4) is 12.1 Å². The second kappa shape index (κ2) is 13.7. The number of piperazine rings is 1. The van der Waals surface area contributed by atoms with Crippen molar-refractivity contribution >= 4 is 29.0 Å². The molecule has 0 N–H and O–H groups in total. The molecule has 1 amide bonds. The van der Waals surface area contributed by atoms with E-state index in [9.17, 15) is 27.6 Å². The van der Waals surface area contributed by atoms with Crippen LogP contribution in [-0.2, 0) is 28.7 Å². The Bertz CT molecular complexity index is 1600. The summed E-state index contributed by atoms with van der Waals surface area (Å²) in [5.41, 5.74) is 0.295. The molecule has 258 valence electrons. The van der Waals surface area contributed by atoms with Crippen molar-refractivity contribution in [2.24, 2.45) is 5.41 Å². The van der Waals surface area contributed by atoms with Crippen molar-refractivity contribution in [2.75, 3.05) is 69.3 Å². The first kappa shape index (κ1) is 34.2. The Labute approximate surface area is 281 Å². The maximum atomic E-state index is 14.1. The highest BCUT2D eigenvalue weighted by Gasteiger charge is 2.46. The number of carbonyl (C=O) groups is 1. The normalized spacial score (nSPS) is 22.3. The number of ether oxygens (including phenoxy) is 2. The number of aromatic nitrogens is 2. The number of alkyl halides is 3. The zero-order valence-electron chi connectivity index (χ0n) is 26.7. The van der Waals surface area contributed by atoms with Gasteiger partial charge < -0.3 is 24.2 Å². The molecule has 48 heavy (non-hydrogen) atoms. The Balaban J connectivity index is 1.29. The maximum absolute atomic E-state index is 14.1. The molecule has 3 aliphatic heterocycles. The molecule has 2 aromatic rings. The Kier molecular flexibility index (Phi) is 9.75. The van der Waals surface area contributed by atoms with Crippen LogP contribution in [0.2, 0.25) is 5.02 Å². The van der Waals surface area contributed by atoms with E-state index in [2.05, 4.69) is 17.5 Å². The lowest BCUT2D eigenvalue weighted by molar-refractivity contribution is -0.137. The standard InChI is InChI=1S/C33H38ClF4N7O3/c1-21(35)30(46)45-15-14-44(16-22(45)6-11-39)29-24-8-13-43(27-5-3-4-25(34)28(27)33(36,37)38)18-26(24)40-31(41-29)48-20-32(9-10-32)19-42-12-7-23(17-42)47-2/h3-5,22-23H,1,6-10,12-20H2,2H3. The van der Waals surface area contributed by atoms with E-state index in [1.807, 2.05) is 4.90 Å². The summed E-state index contributed by atoms with van der Waals surface area (Å²) >= 11 is 6.06. The minimum atomic E-state index is -4.66. The Morgan fingerprint density at radius 2 is 1.96 bits per heavy atom. The van der Waals surface area contributed by atoms with Crippen LogP contribution in [0, 0.1) is 16.7 Å². The average Bonchev–Trinajstić information content (AvgIpc) is 3.67. The quantitative estimate of drug-likeness (QED) is 0.252. The highest BCUT2D eigenvalue weighted by Crippen LogP contribution is 2.47. The van der Waals surface area contributed by atoms with Crippen molar-refractivity contribution < 1.29 is 31.8 Å². The van der Waals surface area contributed by atoms with Gasteiger partial charge in [-0.05, 0) is 37.8 Å². The van der Waals surface area contributed by atoms with E-state index in [0.717, 1.165) is 44.5 Å². The first-order valence-corrected chi connectivity index (χ1v) is 16.4. The van der Waals surface area contributed by atoms with Gasteiger partial charge in [-0.3, -0.25) is 9.69 Å². The zero-order chi connectivity index (χ0) is 34.2. The molecule has 4 aliphatic rings. The summed E-state index contributed by atoms with van der Waals surface area (Å²) in [6.07, 6.45) is -1.17. The van der Waals surface area contributed by atoms with Crippen LogP contribution in [0.1, 0.15) is 42.5 Å². The maximum Gasteiger partial charge on any atom is 0.419 e. The number of hydrogen-bond acceptors (Lipinski definition) is 9. The summed E-state index contributed by atoms with van der Waals surface area (Å²) in [6.45, 7) is 7.12. The summed E-state index contributed by atoms with van der Waals surface area (Å²) in [4.78, 5) is 29.3. The van der Waals surface area contributed by atoms with Gasteiger partial charge in [0.1, 0.15) is 5.82 Å². The predicted octanol–water partition coefficient (Wildman–Crippen LogP) is 5.01. The number of methoxy groups -OCH3 is 1. The number of benzene rings is 1. The average molecular weight is 692 g/mol. The number of anilines is 2. The topological polar surface area (TPSA) is 98.1 Å². The monoisotopic (exact) mass is 691 g/mol. The summed E-state index contributed by atoms with van der Waals surface area (Å²) in [5, 5.41) is 9.12. The number of fused-ring (bicyclic) bond motifs is 1. The minimum absolute atomic E-state index is 0.0299. The fraction of sp³-hybridized carbons (Fsp3) is 0.576. The molecule has 2 saturated heterocycles. The predicted molar refractivity (Wildman–Crippen MR) is 170 cm³/mol. The van der Waals surface area contributed by atoms with E-state index in [-0.39, 0.29) is 60.8 Å². The van der Waals surface area contributed by atoms with Gasteiger partial charge in [0.25, 0.3) is 5.91 Å². The third-order valence-corrected chi connectivity index (χ3v) is 10.1. The molecule has 3 fully saturated rings. The van der Waals surface area contributed by atoms with E-state index in [1.54, 1.807) is 12.0 Å². The van der Waals surface area contributed by atoms with E-state index in [1.165, 1.54) is 23.1 Å². The number of hydrogen-bond donors (Lipinski definition) is 0. The highest BCUT2D eigenvalue weighted by molar-refractivity contribution is 6.31. The highest BCUT2D eigenvalue weighted by atomic mass is 35.5. The lowest BCUT2D eigenvalue weighted by Gasteiger charge is -2.42. The molecule has 6 rings (SSSR count). The molecule has 10 nitrogen and oxygen atoms in total. The van der Waals surface area contributed by atoms with Crippen LogP contribution < -0.4 is 14.5 Å². The van der Waals surface area contributed by atoms with Crippen LogP contribution in [0.15, 0.2) is 30.6 Å². The molecule has 1 aromatic heterocycles. The molecule has 15 heteroatoms. The Morgan fingerprint density at radius 1 is 1.17 bits per heavy atom. The van der Waals surface area contributed by atoms with Gasteiger partial charge in [0.2, 0.25) is 0 Å². The molecule has 1 aromatic carbocycles. The second-order valence-electron chi connectivity index (χ2n) is 13.1. The summed E-state index contributed by atoms with van der Waals surface area (Å²) < 4.78 is 68.0. The summed E-state index contributed by atoms with van der Waals surface area (Å²) in [6, 6.07) is 5.70. The van der Waals surface area contributed by atoms with Gasteiger partial charge in [0.15, 0.2) is 5.83 Å². The van der Waals surface area contributed by atoms with Crippen LogP contribution in [0.4, 0.5) is 29.1 Å². The molecule has 2 unspecified atom stereocenters. The third-order valence-electron chi connectivity index (χ3n) is 9.83. The number of halogens is 5. The fourth-order valence-electron chi connectivity index (χ4n) is 7.08. The number of amides is 1. The molecule has 2 atom stereocenters. The zero-order valence-corrected chi connectivity index (χ0v) is 27.5. The van der Waals surface area contributed by atoms with E-state index in [4.69, 9.17) is 31.0 Å². The Morgan fingerprint density at radius 3 is 2.62 bits per heavy atom. The summed E-state index contributed by atoms with van der Waals surface area (Å²) in [5.74, 6) is -1.41. The molecule has 0 spiro atoms. The third kappa shape index (κ3) is 7.18. The lowest BCUT2D eigenvalue weighted by atomic mass is 10.0. The second-order valence-corrected chi connectivity index (χ2v) is 13.5. The van der Waals surface area contributed by atoms with Gasteiger partial charge in [-0.15, -0.1) is 0 Å². The Hall–Kier alpha value is -3.67. The molecule has 4 heterocycles. The van der Waals surface area contributed by atoms with E-state index in [0.29, 0.717) is 31.1 Å². The van der Waals surface area contributed by atoms with Crippen molar-refractivity contribution in [3.63, 3.8) is 0 Å². The number of rotatable bonds is 10. The van der Waals surface area contributed by atoms with Crippen LogP contribution in [-0.4, -0.2) is 97.4 Å². The van der Waals surface area contributed by atoms with Gasteiger partial charge in [-0.1, -0.05) is 24.2 Å². The van der Waals surface area contributed by atoms with E-state index < -0.39 is 29.5 Å². The van der Waals surface area contributed by atoms with Crippen molar-refractivity contribution in [2.45, 2.75) is 57.0 Å². The van der Waals surface area contributed by atoms with Crippen molar-refractivity contribution in [1.29, 1.82) is 5.26 Å². The van der Waals surface area contributed by atoms with Crippen LogP contribution in [0.5, 0.6) is 6.01 Å². The van der Waals surface area contributed by atoms with Crippen LogP contribution in [0.25, 0.3) is 0 Å². The fourth-order valence-corrected chi connectivity index (χ4v) is 7.35. The van der Waals surface area contributed by atoms with Gasteiger partial charge >= 0.3 is 12.2 Å². The van der Waals surface area contributed by atoms with Gasteiger partial charge in [0, 0.05) is 63.9 Å². The number of nitriles is 1. The van der Waals surface area contributed by atoms with Gasteiger partial charge in [-0.2, -0.15) is 28.4 Å². The number of carbonyl (C=O) groups excluding carboxylic acids is 1. The number of nitrogens with zero attached hydrogens (tertiary/aromatic N) is 7. The largest absolute Gasteiger partial charge is 0.463 e. The first-order chi connectivity index (χ1) is 22.9. The lowest BCUT2D eigenvalue weighted by Crippen LogP contribution is -2.55. The SMILES string of the molecule is C=C(F)C(=O)N1CCN(c2nc(OCC3(CN4CCC(OC)C4)CC3)nc3c2CCN(c2cccc(Cl)c2C(F)(F)F)C3)CC1CC#N. The first-order valence-electron chi connectivity index (χ1n) is 16.1. The minimum Gasteiger partial charge on any atom is -0.463 e. The van der Waals surface area contributed by atoms with Crippen LogP contribution in [0.3, 0.4) is 0 Å². The van der Waals surface area contributed by atoms with Crippen molar-refractivity contribution in [3.05, 3.63) is 52.4 Å². The molecule has 1 aliphatic carbocycles. The molecule has 0 bridgehead atoms. The molecule has 0 radical (unpaired) electrons. The van der Waals surface area contributed by atoms with Crippen LogP contribution >= 0.6 is 11.6 Å². The molecule has 1 saturated carbocycles. The molecular weight excluding hydrogens is 654 g/mol. The van der Waals surface area contributed by atoms with Gasteiger partial charge in [0.05, 0.1) is 59.8 Å². The van der Waals surface area contributed by atoms with Gasteiger partial charge in [-0.25, -0.2) is 4.39 Å².